The zero-order chi connectivity index (χ0) is 11.4. The molecule has 15 heavy (non-hydrogen) atoms. The van der Waals surface area contributed by atoms with Gasteiger partial charge in [0.05, 0.1) is 19.3 Å². The second kappa shape index (κ2) is 5.57. The van der Waals surface area contributed by atoms with E-state index in [2.05, 4.69) is 10.6 Å². The molecule has 0 aromatic rings. The number of nitrogens with one attached hydrogen (secondary N) is 2. The molecule has 3 unspecified atom stereocenters. The normalized spacial score (nSPS) is 36.0. The molecule has 0 aromatic heterocycles. The van der Waals surface area contributed by atoms with Gasteiger partial charge in [-0.15, -0.1) is 0 Å². The summed E-state index contributed by atoms with van der Waals surface area (Å²) in [5.41, 5.74) is 0. The second-order valence-corrected chi connectivity index (χ2v) is 3.77. The van der Waals surface area contributed by atoms with Gasteiger partial charge in [0, 0.05) is 7.05 Å². The molecule has 1 aliphatic heterocycles. The molecule has 1 fully saturated rings. The minimum atomic E-state index is -1.11. The molecule has 0 amide bonds. The van der Waals surface area contributed by atoms with Crippen LogP contribution in [0.25, 0.3) is 0 Å². The number of thiocarbonyl (C=S) groups is 1. The average molecular weight is 236 g/mol. The van der Waals surface area contributed by atoms with Gasteiger partial charge in [0.1, 0.15) is 18.3 Å². The summed E-state index contributed by atoms with van der Waals surface area (Å²) in [5.74, 6) is 0. The monoisotopic (exact) mass is 236 g/mol. The molecule has 7 heteroatoms. The van der Waals surface area contributed by atoms with Gasteiger partial charge in [0.25, 0.3) is 0 Å². The molecule has 1 rings (SSSR count). The lowest BCUT2D eigenvalue weighted by Crippen LogP contribution is -2.60. The highest BCUT2D eigenvalue weighted by Crippen LogP contribution is 2.15. The zero-order valence-electron chi connectivity index (χ0n) is 8.38. The van der Waals surface area contributed by atoms with Crippen LogP contribution >= 0.6 is 12.2 Å². The Morgan fingerprint density at radius 2 is 2.13 bits per heavy atom. The molecule has 4 atom stereocenters. The maximum absolute atomic E-state index is 9.69. The Morgan fingerprint density at radius 1 is 1.47 bits per heavy atom. The lowest BCUT2D eigenvalue weighted by Gasteiger charge is -2.37. The predicted molar refractivity (Wildman–Crippen MR) is 57.4 cm³/mol. The van der Waals surface area contributed by atoms with Gasteiger partial charge < -0.3 is 30.7 Å². The van der Waals surface area contributed by atoms with E-state index in [0.717, 1.165) is 0 Å². The molecule has 0 saturated carbocycles. The molecule has 0 aromatic carbocycles. The van der Waals surface area contributed by atoms with Crippen molar-refractivity contribution in [2.45, 2.75) is 24.4 Å². The van der Waals surface area contributed by atoms with Crippen LogP contribution in [-0.4, -0.2) is 65.0 Å². The maximum atomic E-state index is 9.69. The topological polar surface area (TPSA) is 94.0 Å². The summed E-state index contributed by atoms with van der Waals surface area (Å²) in [5, 5.41) is 34.0. The van der Waals surface area contributed by atoms with Gasteiger partial charge in [-0.1, -0.05) is 0 Å². The second-order valence-electron chi connectivity index (χ2n) is 3.37. The number of aliphatic hydroxyl groups is 3. The van der Waals surface area contributed by atoms with Crippen LogP contribution in [0.1, 0.15) is 0 Å². The number of aliphatic hydroxyl groups excluding tert-OH is 3. The minimum Gasteiger partial charge on any atom is -0.394 e. The van der Waals surface area contributed by atoms with Crippen molar-refractivity contribution in [3.63, 3.8) is 0 Å². The zero-order valence-corrected chi connectivity index (χ0v) is 9.20. The summed E-state index contributed by atoms with van der Waals surface area (Å²) in [6, 6.07) is -0.470. The Morgan fingerprint density at radius 3 is 2.67 bits per heavy atom. The number of ether oxygens (including phenoxy) is 1. The Balaban J connectivity index is 2.52. The molecule has 1 heterocycles. The highest BCUT2D eigenvalue weighted by molar-refractivity contribution is 7.80. The fraction of sp³-hybridized carbons (Fsp3) is 0.875. The van der Waals surface area contributed by atoms with Gasteiger partial charge in [0.15, 0.2) is 5.11 Å². The number of hydrogen-bond donors (Lipinski definition) is 5. The van der Waals surface area contributed by atoms with Crippen LogP contribution in [0, 0.1) is 0 Å². The fourth-order valence-corrected chi connectivity index (χ4v) is 1.56. The van der Waals surface area contributed by atoms with E-state index in [-0.39, 0.29) is 13.2 Å². The van der Waals surface area contributed by atoms with Crippen LogP contribution in [0.5, 0.6) is 0 Å². The predicted octanol–water partition coefficient (Wildman–Crippen LogP) is -2.44. The first-order valence-electron chi connectivity index (χ1n) is 4.67. The third-order valence-electron chi connectivity index (χ3n) is 2.36. The fourth-order valence-electron chi connectivity index (χ4n) is 1.41. The first-order valence-corrected chi connectivity index (χ1v) is 5.07. The Labute approximate surface area is 93.2 Å². The van der Waals surface area contributed by atoms with Crippen molar-refractivity contribution in [3.05, 3.63) is 0 Å². The van der Waals surface area contributed by atoms with Crippen molar-refractivity contribution >= 4 is 17.3 Å². The summed E-state index contributed by atoms with van der Waals surface area (Å²) in [6.45, 7) is -0.132. The Kier molecular flexibility index (Phi) is 4.68. The van der Waals surface area contributed by atoms with Crippen LogP contribution in [0.4, 0.5) is 0 Å². The molecule has 6 nitrogen and oxygen atoms in total. The molecular formula is C8H16N2O4S. The molecule has 1 saturated heterocycles. The van der Waals surface area contributed by atoms with Gasteiger partial charge in [0.2, 0.25) is 0 Å². The van der Waals surface area contributed by atoms with Crippen molar-refractivity contribution in [1.29, 1.82) is 0 Å². The smallest absolute Gasteiger partial charge is 0.166 e. The first-order chi connectivity index (χ1) is 7.10. The van der Waals surface area contributed by atoms with E-state index in [9.17, 15) is 10.2 Å². The van der Waals surface area contributed by atoms with Gasteiger partial charge >= 0.3 is 0 Å². The van der Waals surface area contributed by atoms with Gasteiger partial charge in [-0.05, 0) is 12.2 Å². The van der Waals surface area contributed by atoms with Crippen molar-refractivity contribution in [2.24, 2.45) is 0 Å². The van der Waals surface area contributed by atoms with Crippen molar-refractivity contribution < 1.29 is 20.1 Å². The van der Waals surface area contributed by atoms with Gasteiger partial charge in [-0.3, -0.25) is 0 Å². The van der Waals surface area contributed by atoms with E-state index in [1.54, 1.807) is 7.05 Å². The average Bonchev–Trinajstić information content (AvgIpc) is 2.25. The van der Waals surface area contributed by atoms with Crippen LogP contribution in [0.15, 0.2) is 0 Å². The van der Waals surface area contributed by atoms with Crippen LogP contribution < -0.4 is 10.6 Å². The highest BCUT2D eigenvalue weighted by Gasteiger charge is 2.38. The van der Waals surface area contributed by atoms with E-state index < -0.39 is 24.4 Å². The minimum absolute atomic E-state index is 0.186. The van der Waals surface area contributed by atoms with Gasteiger partial charge in [-0.2, -0.15) is 0 Å². The largest absolute Gasteiger partial charge is 0.394 e. The molecule has 5 N–H and O–H groups in total. The summed E-state index contributed by atoms with van der Waals surface area (Å²) in [6.07, 6.45) is -2.86. The number of rotatable bonds is 2. The van der Waals surface area contributed by atoms with Crippen molar-refractivity contribution in [2.75, 3.05) is 20.3 Å². The summed E-state index contributed by atoms with van der Waals surface area (Å²) < 4.78 is 5.16. The summed E-state index contributed by atoms with van der Waals surface area (Å²) in [7, 11) is 1.65. The van der Waals surface area contributed by atoms with Crippen molar-refractivity contribution in [3.8, 4) is 0 Å². The van der Waals surface area contributed by atoms with Crippen LogP contribution in [-0.2, 0) is 4.74 Å². The molecule has 0 aliphatic carbocycles. The molecule has 0 spiro atoms. The molecule has 0 radical (unpaired) electrons. The third-order valence-corrected chi connectivity index (χ3v) is 2.68. The molecule has 0 bridgehead atoms. The maximum Gasteiger partial charge on any atom is 0.166 e. The van der Waals surface area contributed by atoms with Crippen molar-refractivity contribution in [1.82, 2.24) is 10.6 Å². The highest BCUT2D eigenvalue weighted by atomic mass is 32.1. The van der Waals surface area contributed by atoms with Crippen LogP contribution in [0.3, 0.4) is 0 Å². The van der Waals surface area contributed by atoms with Gasteiger partial charge in [-0.25, -0.2) is 0 Å². The molecule has 1 aliphatic rings. The van der Waals surface area contributed by atoms with E-state index in [0.29, 0.717) is 5.11 Å². The summed E-state index contributed by atoms with van der Waals surface area (Å²) >= 11 is 4.87. The molecule has 88 valence electrons. The lowest BCUT2D eigenvalue weighted by atomic mass is 9.99. The summed E-state index contributed by atoms with van der Waals surface area (Å²) in [4.78, 5) is 0. The number of hydrogen-bond acceptors (Lipinski definition) is 5. The Bertz CT molecular complexity index is 229. The van der Waals surface area contributed by atoms with E-state index >= 15 is 0 Å². The first kappa shape index (κ1) is 12.6. The lowest BCUT2D eigenvalue weighted by molar-refractivity contribution is -0.159. The third kappa shape index (κ3) is 2.99. The van der Waals surface area contributed by atoms with E-state index in [4.69, 9.17) is 22.1 Å². The Hall–Kier alpha value is -0.470. The van der Waals surface area contributed by atoms with E-state index in [1.165, 1.54) is 0 Å². The van der Waals surface area contributed by atoms with E-state index in [1.807, 2.05) is 0 Å². The quantitative estimate of drug-likeness (QED) is 0.340. The molecular weight excluding hydrogens is 220 g/mol. The standard InChI is InChI=1S/C8H16N2O4S/c1-9-8(15)10-4-3-14-5(2-11)7(13)6(4)12/h4-7,11-13H,2-3H2,1H3,(H2,9,10,15)/t4-,5?,6?,7?/m0/s1. The van der Waals surface area contributed by atoms with Crippen LogP contribution in [0.2, 0.25) is 0 Å². The SMILES string of the molecule is CNC(=S)N[C@H]1COC(CO)C(O)C1O.